The van der Waals surface area contributed by atoms with E-state index in [0.29, 0.717) is 11.0 Å². The molecule has 2 aromatic rings. The van der Waals surface area contributed by atoms with Crippen LogP contribution in [0.4, 0.5) is 0 Å². The van der Waals surface area contributed by atoms with Gasteiger partial charge in [0, 0.05) is 22.7 Å². The van der Waals surface area contributed by atoms with Crippen molar-refractivity contribution >= 4 is 28.4 Å². The molecule has 2 rings (SSSR count). The molecule has 0 amide bonds. The average Bonchev–Trinajstić information content (AvgIpc) is 2.69. The Labute approximate surface area is 99.4 Å². The molecule has 0 fully saturated rings. The molecule has 1 aromatic carbocycles. The summed E-state index contributed by atoms with van der Waals surface area (Å²) in [6, 6.07) is 7.90. The van der Waals surface area contributed by atoms with Gasteiger partial charge in [-0.3, -0.25) is 4.79 Å². The first kappa shape index (κ1) is 11.3. The highest BCUT2D eigenvalue weighted by atomic mass is 32.2. The van der Waals surface area contributed by atoms with E-state index < -0.39 is 0 Å². The van der Waals surface area contributed by atoms with E-state index in [1.54, 1.807) is 11.8 Å². The highest BCUT2D eigenvalue weighted by Gasteiger charge is 2.11. The smallest absolute Gasteiger partial charge is 0.174 e. The normalized spacial score (nSPS) is 11.2. The number of thioether (sulfide) groups is 1. The fraction of sp³-hybridized carbons (Fsp3) is 0.308. The van der Waals surface area contributed by atoms with E-state index in [4.69, 9.17) is 0 Å². The van der Waals surface area contributed by atoms with Gasteiger partial charge in [-0.1, -0.05) is 32.0 Å². The van der Waals surface area contributed by atoms with Crippen molar-refractivity contribution in [3.8, 4) is 0 Å². The first-order valence-electron chi connectivity index (χ1n) is 5.39. The van der Waals surface area contributed by atoms with Crippen LogP contribution in [0.3, 0.4) is 0 Å². The predicted octanol–water partition coefficient (Wildman–Crippen LogP) is 3.49. The summed E-state index contributed by atoms with van der Waals surface area (Å²) >= 11 is 1.68. The maximum atomic E-state index is 12.0. The monoisotopic (exact) mass is 233 g/mol. The number of H-pyrrole nitrogens is 1. The number of rotatable bonds is 4. The van der Waals surface area contributed by atoms with Crippen molar-refractivity contribution in [1.29, 1.82) is 0 Å². The molecule has 84 valence electrons. The minimum Gasteiger partial charge on any atom is -0.360 e. The number of benzene rings is 1. The quantitative estimate of drug-likeness (QED) is 0.820. The zero-order valence-corrected chi connectivity index (χ0v) is 10.3. The lowest BCUT2D eigenvalue weighted by atomic mass is 10.1. The molecule has 0 saturated heterocycles. The molecular weight excluding hydrogens is 218 g/mol. The van der Waals surface area contributed by atoms with Gasteiger partial charge in [0.2, 0.25) is 0 Å². The van der Waals surface area contributed by atoms with Crippen LogP contribution in [-0.4, -0.2) is 21.8 Å². The van der Waals surface area contributed by atoms with Crippen molar-refractivity contribution in [3.63, 3.8) is 0 Å². The molecule has 1 N–H and O–H groups in total. The van der Waals surface area contributed by atoms with Crippen molar-refractivity contribution in [3.05, 3.63) is 36.0 Å². The molecule has 0 spiro atoms. The zero-order chi connectivity index (χ0) is 11.5. The SMILES string of the molecule is CC(C)SCC(=O)c1c[nH]c2ccccc12. The Morgan fingerprint density at radius 2 is 2.12 bits per heavy atom. The number of hydrogen-bond acceptors (Lipinski definition) is 2. The molecule has 0 radical (unpaired) electrons. The Morgan fingerprint density at radius 3 is 2.88 bits per heavy atom. The number of ketones is 1. The van der Waals surface area contributed by atoms with Crippen LogP contribution >= 0.6 is 11.8 Å². The molecule has 0 aliphatic rings. The number of Topliss-reactive ketones (excluding diaryl/α,β-unsaturated/α-hetero) is 1. The number of aromatic amines is 1. The predicted molar refractivity (Wildman–Crippen MR) is 70.2 cm³/mol. The van der Waals surface area contributed by atoms with Crippen LogP contribution in [0.25, 0.3) is 10.9 Å². The molecule has 0 aliphatic heterocycles. The topological polar surface area (TPSA) is 32.9 Å². The second kappa shape index (κ2) is 4.74. The molecular formula is C13H15NOS. The van der Waals surface area contributed by atoms with E-state index in [1.165, 1.54) is 0 Å². The Bertz CT molecular complexity index is 501. The molecule has 0 bridgehead atoms. The number of aromatic nitrogens is 1. The summed E-state index contributed by atoms with van der Waals surface area (Å²) in [5, 5.41) is 1.52. The molecule has 0 saturated carbocycles. The minimum absolute atomic E-state index is 0.205. The van der Waals surface area contributed by atoms with Gasteiger partial charge in [-0.2, -0.15) is 11.8 Å². The lowest BCUT2D eigenvalue weighted by Crippen LogP contribution is -2.04. The fourth-order valence-electron chi connectivity index (χ4n) is 1.62. The van der Waals surface area contributed by atoms with Gasteiger partial charge in [0.25, 0.3) is 0 Å². The van der Waals surface area contributed by atoms with Crippen LogP contribution in [0.5, 0.6) is 0 Å². The Hall–Kier alpha value is -1.22. The third kappa shape index (κ3) is 2.30. The largest absolute Gasteiger partial charge is 0.360 e. The third-order valence-corrected chi connectivity index (χ3v) is 3.53. The van der Waals surface area contributed by atoms with E-state index in [1.807, 2.05) is 30.5 Å². The van der Waals surface area contributed by atoms with Crippen LogP contribution < -0.4 is 0 Å². The van der Waals surface area contributed by atoms with Gasteiger partial charge in [-0.15, -0.1) is 0 Å². The number of hydrogen-bond donors (Lipinski definition) is 1. The highest BCUT2D eigenvalue weighted by Crippen LogP contribution is 2.20. The van der Waals surface area contributed by atoms with Gasteiger partial charge < -0.3 is 4.98 Å². The first-order chi connectivity index (χ1) is 7.68. The highest BCUT2D eigenvalue weighted by molar-refractivity contribution is 8.00. The van der Waals surface area contributed by atoms with E-state index in [0.717, 1.165) is 16.5 Å². The summed E-state index contributed by atoms with van der Waals surface area (Å²) in [4.78, 5) is 15.1. The first-order valence-corrected chi connectivity index (χ1v) is 6.44. The standard InChI is InChI=1S/C13H15NOS/c1-9(2)16-8-13(15)11-7-14-12-6-4-3-5-10(11)12/h3-7,9,14H,8H2,1-2H3. The van der Waals surface area contributed by atoms with Gasteiger partial charge >= 0.3 is 0 Å². The Balaban J connectivity index is 2.23. The molecule has 1 aromatic heterocycles. The van der Waals surface area contributed by atoms with Gasteiger partial charge in [0.1, 0.15) is 0 Å². The second-order valence-corrected chi connectivity index (χ2v) is 5.60. The van der Waals surface area contributed by atoms with Gasteiger partial charge in [-0.25, -0.2) is 0 Å². The van der Waals surface area contributed by atoms with Crippen molar-refractivity contribution in [2.45, 2.75) is 19.1 Å². The van der Waals surface area contributed by atoms with Crippen LogP contribution in [-0.2, 0) is 0 Å². The molecule has 16 heavy (non-hydrogen) atoms. The maximum absolute atomic E-state index is 12.0. The molecule has 0 unspecified atom stereocenters. The summed E-state index contributed by atoms with van der Waals surface area (Å²) in [6.45, 7) is 4.21. The number of fused-ring (bicyclic) bond motifs is 1. The fourth-order valence-corrected chi connectivity index (χ4v) is 2.26. The number of carbonyl (C=O) groups is 1. The Morgan fingerprint density at radius 1 is 1.38 bits per heavy atom. The van der Waals surface area contributed by atoms with Gasteiger partial charge in [0.15, 0.2) is 5.78 Å². The van der Waals surface area contributed by atoms with Crippen molar-refractivity contribution in [1.82, 2.24) is 4.98 Å². The molecule has 0 atom stereocenters. The van der Waals surface area contributed by atoms with E-state index in [-0.39, 0.29) is 5.78 Å². The summed E-state index contributed by atoms with van der Waals surface area (Å²) in [5.41, 5.74) is 1.84. The number of para-hydroxylation sites is 1. The van der Waals surface area contributed by atoms with Crippen LogP contribution in [0.1, 0.15) is 24.2 Å². The molecule has 1 heterocycles. The molecule has 0 aliphatic carbocycles. The van der Waals surface area contributed by atoms with Crippen molar-refractivity contribution < 1.29 is 4.79 Å². The summed E-state index contributed by atoms with van der Waals surface area (Å²) in [5.74, 6) is 0.760. The summed E-state index contributed by atoms with van der Waals surface area (Å²) < 4.78 is 0. The van der Waals surface area contributed by atoms with Crippen molar-refractivity contribution in [2.75, 3.05) is 5.75 Å². The number of nitrogens with one attached hydrogen (secondary N) is 1. The van der Waals surface area contributed by atoms with E-state index in [9.17, 15) is 4.79 Å². The number of carbonyl (C=O) groups excluding carboxylic acids is 1. The second-order valence-electron chi connectivity index (χ2n) is 4.03. The van der Waals surface area contributed by atoms with E-state index >= 15 is 0 Å². The van der Waals surface area contributed by atoms with Gasteiger partial charge in [0.05, 0.1) is 5.75 Å². The molecule has 3 heteroatoms. The Kier molecular flexibility index (Phi) is 3.34. The lowest BCUT2D eigenvalue weighted by Gasteiger charge is -2.02. The zero-order valence-electron chi connectivity index (χ0n) is 9.49. The van der Waals surface area contributed by atoms with Crippen molar-refractivity contribution in [2.24, 2.45) is 0 Å². The van der Waals surface area contributed by atoms with E-state index in [2.05, 4.69) is 18.8 Å². The third-order valence-electron chi connectivity index (χ3n) is 2.44. The van der Waals surface area contributed by atoms with Gasteiger partial charge in [-0.05, 0) is 11.3 Å². The minimum atomic E-state index is 0.205. The summed E-state index contributed by atoms with van der Waals surface area (Å²) in [7, 11) is 0. The van der Waals surface area contributed by atoms with Crippen LogP contribution in [0.2, 0.25) is 0 Å². The maximum Gasteiger partial charge on any atom is 0.174 e. The average molecular weight is 233 g/mol. The molecule has 2 nitrogen and oxygen atoms in total. The van der Waals surface area contributed by atoms with Crippen LogP contribution in [0, 0.1) is 0 Å². The summed E-state index contributed by atoms with van der Waals surface area (Å²) in [6.07, 6.45) is 1.81. The van der Waals surface area contributed by atoms with Crippen LogP contribution in [0.15, 0.2) is 30.5 Å². The lowest BCUT2D eigenvalue weighted by molar-refractivity contribution is 0.102.